The Morgan fingerprint density at radius 1 is 1.12 bits per heavy atom. The van der Waals surface area contributed by atoms with Crippen molar-refractivity contribution in [1.82, 2.24) is 4.98 Å². The maximum Gasteiger partial charge on any atom is 0.149 e. The van der Waals surface area contributed by atoms with Gasteiger partial charge in [0.15, 0.2) is 0 Å². The third-order valence-corrected chi connectivity index (χ3v) is 2.26. The minimum absolute atomic E-state index is 0.292. The third kappa shape index (κ3) is 2.00. The van der Waals surface area contributed by atoms with Gasteiger partial charge >= 0.3 is 0 Å². The first kappa shape index (κ1) is 10.5. The molecule has 0 atom stereocenters. The highest BCUT2D eigenvalue weighted by Crippen LogP contribution is 2.24. The van der Waals surface area contributed by atoms with E-state index in [-0.39, 0.29) is 0 Å². The number of pyridine rings is 1. The van der Waals surface area contributed by atoms with Gasteiger partial charge in [-0.2, -0.15) is 0 Å². The lowest BCUT2D eigenvalue weighted by atomic mass is 10.2. The van der Waals surface area contributed by atoms with Crippen LogP contribution in [0.1, 0.15) is 0 Å². The summed E-state index contributed by atoms with van der Waals surface area (Å²) in [6.45, 7) is 0. The van der Waals surface area contributed by atoms with Crippen molar-refractivity contribution in [1.29, 1.82) is 0 Å². The minimum atomic E-state index is -0.604. The molecule has 82 valence electrons. The van der Waals surface area contributed by atoms with E-state index in [4.69, 9.17) is 0 Å². The summed E-state index contributed by atoms with van der Waals surface area (Å²) in [6.07, 6.45) is 1.62. The minimum Gasteiger partial charge on any atom is -0.327 e. The van der Waals surface area contributed by atoms with Gasteiger partial charge in [-0.25, -0.2) is 13.8 Å². The van der Waals surface area contributed by atoms with E-state index < -0.39 is 11.6 Å². The van der Waals surface area contributed by atoms with Crippen molar-refractivity contribution in [3.8, 4) is 0 Å². The average molecular weight is 220 g/mol. The van der Waals surface area contributed by atoms with Crippen LogP contribution in [-0.4, -0.2) is 12.0 Å². The van der Waals surface area contributed by atoms with Gasteiger partial charge in [-0.1, -0.05) is 6.07 Å². The lowest BCUT2D eigenvalue weighted by Gasteiger charge is -2.18. The fourth-order valence-electron chi connectivity index (χ4n) is 1.43. The molecule has 4 heteroatoms. The number of halogens is 2. The summed E-state index contributed by atoms with van der Waals surface area (Å²) in [6, 6.07) is 8.80. The third-order valence-electron chi connectivity index (χ3n) is 2.26. The molecule has 0 saturated heterocycles. The zero-order valence-electron chi connectivity index (χ0n) is 8.69. The maximum absolute atomic E-state index is 13.5. The van der Waals surface area contributed by atoms with Crippen molar-refractivity contribution in [2.75, 3.05) is 11.9 Å². The van der Waals surface area contributed by atoms with Gasteiger partial charge in [-0.3, -0.25) is 0 Å². The van der Waals surface area contributed by atoms with Crippen molar-refractivity contribution in [3.63, 3.8) is 0 Å². The topological polar surface area (TPSA) is 16.1 Å². The van der Waals surface area contributed by atoms with Crippen LogP contribution in [0, 0.1) is 11.6 Å². The Balaban J connectivity index is 2.38. The number of rotatable bonds is 2. The number of anilines is 2. The Kier molecular flexibility index (Phi) is 2.81. The molecule has 16 heavy (non-hydrogen) atoms. The number of nitrogens with zero attached hydrogens (tertiary/aromatic N) is 2. The van der Waals surface area contributed by atoms with Crippen LogP contribution in [0.3, 0.4) is 0 Å². The second-order valence-electron chi connectivity index (χ2n) is 3.34. The van der Waals surface area contributed by atoms with Crippen LogP contribution in [0.2, 0.25) is 0 Å². The monoisotopic (exact) mass is 220 g/mol. The smallest absolute Gasteiger partial charge is 0.149 e. The second-order valence-corrected chi connectivity index (χ2v) is 3.34. The van der Waals surface area contributed by atoms with Crippen LogP contribution in [0.15, 0.2) is 42.6 Å². The zero-order valence-corrected chi connectivity index (χ0v) is 8.69. The molecule has 0 N–H and O–H groups in total. The molecule has 0 radical (unpaired) electrons. The van der Waals surface area contributed by atoms with Gasteiger partial charge < -0.3 is 4.90 Å². The molecule has 0 unspecified atom stereocenters. The van der Waals surface area contributed by atoms with Crippen LogP contribution in [0.25, 0.3) is 0 Å². The Bertz CT molecular complexity index is 486. The van der Waals surface area contributed by atoms with Crippen LogP contribution in [0.5, 0.6) is 0 Å². The van der Waals surface area contributed by atoms with Crippen LogP contribution >= 0.6 is 0 Å². The van der Waals surface area contributed by atoms with E-state index in [1.165, 1.54) is 12.1 Å². The molecule has 0 aliphatic rings. The number of benzene rings is 1. The molecule has 2 nitrogen and oxygen atoms in total. The molecule has 0 amide bonds. The van der Waals surface area contributed by atoms with Gasteiger partial charge in [0.2, 0.25) is 0 Å². The van der Waals surface area contributed by atoms with Gasteiger partial charge in [0.1, 0.15) is 17.5 Å². The SMILES string of the molecule is CN(c1ccccn1)c1ccc(F)cc1F. The molecule has 2 rings (SSSR count). The first-order valence-electron chi connectivity index (χ1n) is 4.78. The van der Waals surface area contributed by atoms with E-state index >= 15 is 0 Å². The fourth-order valence-corrected chi connectivity index (χ4v) is 1.43. The predicted molar refractivity (Wildman–Crippen MR) is 58.7 cm³/mol. The van der Waals surface area contributed by atoms with Gasteiger partial charge in [0, 0.05) is 19.3 Å². The highest BCUT2D eigenvalue weighted by molar-refractivity contribution is 5.59. The van der Waals surface area contributed by atoms with E-state index in [1.54, 1.807) is 36.3 Å². The van der Waals surface area contributed by atoms with Crippen LogP contribution in [0.4, 0.5) is 20.3 Å². The van der Waals surface area contributed by atoms with Crippen molar-refractivity contribution in [2.24, 2.45) is 0 Å². The number of hydrogen-bond acceptors (Lipinski definition) is 2. The fraction of sp³-hybridized carbons (Fsp3) is 0.0833. The van der Waals surface area contributed by atoms with E-state index in [0.717, 1.165) is 6.07 Å². The molecule has 1 heterocycles. The standard InChI is InChI=1S/C12H10F2N2/c1-16(12-4-2-3-7-15-12)11-6-5-9(13)8-10(11)14/h2-8H,1H3. The molecule has 0 spiro atoms. The molecule has 0 bridgehead atoms. The molecule has 0 saturated carbocycles. The molecular weight excluding hydrogens is 210 g/mol. The van der Waals surface area contributed by atoms with Crippen molar-refractivity contribution in [2.45, 2.75) is 0 Å². The summed E-state index contributed by atoms with van der Waals surface area (Å²) in [4.78, 5) is 5.65. The predicted octanol–water partition coefficient (Wildman–Crippen LogP) is 3.13. The first-order valence-corrected chi connectivity index (χ1v) is 4.78. The van der Waals surface area contributed by atoms with Gasteiger partial charge in [-0.05, 0) is 24.3 Å². The lowest BCUT2D eigenvalue weighted by Crippen LogP contribution is -2.12. The summed E-state index contributed by atoms with van der Waals surface area (Å²) in [5.74, 6) is -0.586. The van der Waals surface area contributed by atoms with Crippen molar-refractivity contribution < 1.29 is 8.78 Å². The largest absolute Gasteiger partial charge is 0.327 e. The number of aromatic nitrogens is 1. The molecule has 0 aliphatic carbocycles. The number of hydrogen-bond donors (Lipinski definition) is 0. The quantitative estimate of drug-likeness (QED) is 0.773. The summed E-state index contributed by atoms with van der Waals surface area (Å²) in [5, 5.41) is 0. The lowest BCUT2D eigenvalue weighted by molar-refractivity contribution is 0.583. The summed E-state index contributed by atoms with van der Waals surface area (Å²) >= 11 is 0. The molecule has 1 aromatic carbocycles. The summed E-state index contributed by atoms with van der Waals surface area (Å²) in [7, 11) is 1.68. The molecular formula is C12H10F2N2. The molecule has 1 aromatic heterocycles. The highest BCUT2D eigenvalue weighted by Gasteiger charge is 2.10. The van der Waals surface area contributed by atoms with Gasteiger partial charge in [-0.15, -0.1) is 0 Å². The van der Waals surface area contributed by atoms with Crippen molar-refractivity contribution >= 4 is 11.5 Å². The van der Waals surface area contributed by atoms with Crippen molar-refractivity contribution in [3.05, 3.63) is 54.2 Å². The average Bonchev–Trinajstić information content (AvgIpc) is 2.29. The Labute approximate surface area is 92.2 Å². The molecule has 0 aliphatic heterocycles. The Morgan fingerprint density at radius 2 is 1.94 bits per heavy atom. The van der Waals surface area contributed by atoms with Crippen LogP contribution < -0.4 is 4.90 Å². The Morgan fingerprint density at radius 3 is 2.56 bits per heavy atom. The van der Waals surface area contributed by atoms with E-state index in [2.05, 4.69) is 4.98 Å². The summed E-state index contributed by atoms with van der Waals surface area (Å²) < 4.78 is 26.2. The molecule has 0 fully saturated rings. The summed E-state index contributed by atoms with van der Waals surface area (Å²) in [5.41, 5.74) is 0.292. The Hall–Kier alpha value is -1.97. The molecule has 2 aromatic rings. The zero-order chi connectivity index (χ0) is 11.5. The van der Waals surface area contributed by atoms with E-state index in [1.807, 2.05) is 0 Å². The van der Waals surface area contributed by atoms with E-state index in [9.17, 15) is 8.78 Å². The maximum atomic E-state index is 13.5. The van der Waals surface area contributed by atoms with Gasteiger partial charge in [0.25, 0.3) is 0 Å². The second kappa shape index (κ2) is 4.26. The van der Waals surface area contributed by atoms with Crippen LogP contribution in [-0.2, 0) is 0 Å². The van der Waals surface area contributed by atoms with Gasteiger partial charge in [0.05, 0.1) is 5.69 Å². The first-order chi connectivity index (χ1) is 7.68. The van der Waals surface area contributed by atoms with E-state index in [0.29, 0.717) is 11.5 Å². The highest BCUT2D eigenvalue weighted by atomic mass is 19.1. The normalized spacial score (nSPS) is 10.2.